The Bertz CT molecular complexity index is 489. The van der Waals surface area contributed by atoms with Crippen LogP contribution in [-0.4, -0.2) is 40.4 Å². The number of benzene rings is 1. The van der Waals surface area contributed by atoms with Crippen molar-refractivity contribution in [2.45, 2.75) is 12.8 Å². The molecule has 0 spiro atoms. The van der Waals surface area contributed by atoms with Crippen LogP contribution in [0.1, 0.15) is 23.2 Å². The van der Waals surface area contributed by atoms with E-state index in [9.17, 15) is 15.0 Å². The zero-order chi connectivity index (χ0) is 15.1. The number of unbranched alkanes of at least 4 members (excludes halogenated alkanes) is 1. The molecule has 0 bridgehead atoms. The molecule has 0 aliphatic heterocycles. The lowest BCUT2D eigenvalue weighted by Crippen LogP contribution is -2.23. The number of hydrogen-bond acceptors (Lipinski definition) is 6. The van der Waals surface area contributed by atoms with Gasteiger partial charge in [0.25, 0.3) is 0 Å². The Labute approximate surface area is 115 Å². The summed E-state index contributed by atoms with van der Waals surface area (Å²) in [7, 11) is 0. The first-order chi connectivity index (χ1) is 9.41. The van der Waals surface area contributed by atoms with Gasteiger partial charge in [0.15, 0.2) is 23.2 Å². The number of rotatable bonds is 6. The summed E-state index contributed by atoms with van der Waals surface area (Å²) in [4.78, 5) is 15.4. The molecule has 0 aliphatic carbocycles. The number of carbonyl (C=O) groups excluding carboxylic acids is 1. The van der Waals surface area contributed by atoms with E-state index in [1.807, 2.05) is 0 Å². The average Bonchev–Trinajstić information content (AvgIpc) is 2.38. The van der Waals surface area contributed by atoms with Gasteiger partial charge in [-0.2, -0.15) is 0 Å². The van der Waals surface area contributed by atoms with E-state index >= 15 is 0 Å². The van der Waals surface area contributed by atoms with Gasteiger partial charge in [0.1, 0.15) is 0 Å². The zero-order valence-electron chi connectivity index (χ0n) is 10.7. The third kappa shape index (κ3) is 4.56. The largest absolute Gasteiger partial charge is 0.504 e. The Morgan fingerprint density at radius 3 is 2.30 bits per heavy atom. The van der Waals surface area contributed by atoms with E-state index in [-0.39, 0.29) is 18.1 Å². The van der Waals surface area contributed by atoms with Crippen LogP contribution < -0.4 is 11.5 Å². The van der Waals surface area contributed by atoms with Gasteiger partial charge in [0, 0.05) is 6.54 Å². The van der Waals surface area contributed by atoms with Crippen LogP contribution in [0, 0.1) is 0 Å². The van der Waals surface area contributed by atoms with Gasteiger partial charge < -0.3 is 31.5 Å². The summed E-state index contributed by atoms with van der Waals surface area (Å²) in [5.41, 5.74) is 10.2. The molecule has 0 saturated carbocycles. The summed E-state index contributed by atoms with van der Waals surface area (Å²) in [6.07, 6.45) is 1.22. The van der Waals surface area contributed by atoms with Crippen LogP contribution in [0.25, 0.3) is 0 Å². The summed E-state index contributed by atoms with van der Waals surface area (Å²) in [5.74, 6) is -2.57. The van der Waals surface area contributed by atoms with Crippen LogP contribution in [-0.2, 0) is 4.74 Å². The lowest BCUT2D eigenvalue weighted by Gasteiger charge is -2.06. The summed E-state index contributed by atoms with van der Waals surface area (Å²) in [5, 5.41) is 27.7. The van der Waals surface area contributed by atoms with Crippen LogP contribution in [0.5, 0.6) is 17.2 Å². The van der Waals surface area contributed by atoms with Crippen LogP contribution in [0.15, 0.2) is 17.1 Å². The molecular weight excluding hydrogens is 266 g/mol. The van der Waals surface area contributed by atoms with Crippen molar-refractivity contribution >= 4 is 11.9 Å². The fourth-order valence-corrected chi connectivity index (χ4v) is 1.39. The van der Waals surface area contributed by atoms with E-state index in [4.69, 9.17) is 21.3 Å². The smallest absolute Gasteiger partial charge is 0.338 e. The second kappa shape index (κ2) is 7.07. The normalized spacial score (nSPS) is 10.0. The van der Waals surface area contributed by atoms with Crippen LogP contribution in [0.3, 0.4) is 0 Å². The van der Waals surface area contributed by atoms with E-state index in [2.05, 4.69) is 4.99 Å². The summed E-state index contributed by atoms with van der Waals surface area (Å²) >= 11 is 0. The molecule has 8 nitrogen and oxygen atoms in total. The molecule has 0 fully saturated rings. The molecule has 1 aromatic carbocycles. The van der Waals surface area contributed by atoms with Crippen molar-refractivity contribution < 1.29 is 24.9 Å². The number of nitrogens with two attached hydrogens (primary N) is 2. The maximum atomic E-state index is 11.6. The quantitative estimate of drug-likeness (QED) is 0.162. The van der Waals surface area contributed by atoms with Gasteiger partial charge in [0.2, 0.25) is 0 Å². The SMILES string of the molecule is NC(N)=NCCCCOC(=O)c1cc(O)c(O)c(O)c1. The van der Waals surface area contributed by atoms with Gasteiger partial charge in [-0.05, 0) is 25.0 Å². The van der Waals surface area contributed by atoms with Gasteiger partial charge in [-0.25, -0.2) is 4.79 Å². The Balaban J connectivity index is 2.42. The Kier molecular flexibility index (Phi) is 5.45. The number of guanidine groups is 1. The monoisotopic (exact) mass is 283 g/mol. The number of nitrogens with zero attached hydrogens (tertiary/aromatic N) is 1. The standard InChI is InChI=1S/C12H17N3O5/c13-12(14)15-3-1-2-4-20-11(19)7-5-8(16)10(18)9(17)6-7/h5-6,16-18H,1-4H2,(H4,13,14,15). The number of phenolic OH excluding ortho intramolecular Hbond substituents is 3. The highest BCUT2D eigenvalue weighted by molar-refractivity contribution is 5.91. The number of phenols is 3. The summed E-state index contributed by atoms with van der Waals surface area (Å²) < 4.78 is 4.93. The third-order valence-corrected chi connectivity index (χ3v) is 2.39. The number of aromatic hydroxyl groups is 3. The van der Waals surface area contributed by atoms with E-state index in [1.54, 1.807) is 0 Å². The van der Waals surface area contributed by atoms with Gasteiger partial charge >= 0.3 is 5.97 Å². The molecule has 1 aromatic rings. The summed E-state index contributed by atoms with van der Waals surface area (Å²) in [6.45, 7) is 0.599. The first-order valence-corrected chi connectivity index (χ1v) is 5.89. The molecule has 7 N–H and O–H groups in total. The third-order valence-electron chi connectivity index (χ3n) is 2.39. The highest BCUT2D eigenvalue weighted by atomic mass is 16.5. The number of esters is 1. The van der Waals surface area contributed by atoms with Gasteiger partial charge in [-0.3, -0.25) is 4.99 Å². The predicted octanol–water partition coefficient (Wildman–Crippen LogP) is 0.0138. The highest BCUT2D eigenvalue weighted by Crippen LogP contribution is 2.35. The van der Waals surface area contributed by atoms with Crippen LogP contribution >= 0.6 is 0 Å². The van der Waals surface area contributed by atoms with Crippen LogP contribution in [0.4, 0.5) is 0 Å². The predicted molar refractivity (Wildman–Crippen MR) is 71.6 cm³/mol. The first-order valence-electron chi connectivity index (χ1n) is 5.89. The fraction of sp³-hybridized carbons (Fsp3) is 0.333. The summed E-state index contributed by atoms with van der Waals surface area (Å²) in [6, 6.07) is 2.02. The molecule has 0 heterocycles. The Morgan fingerprint density at radius 2 is 1.75 bits per heavy atom. The molecule has 0 radical (unpaired) electrons. The first kappa shape index (κ1) is 15.4. The van der Waals surface area contributed by atoms with Crippen molar-refractivity contribution in [1.82, 2.24) is 0 Å². The van der Waals surface area contributed by atoms with Crippen molar-refractivity contribution in [2.75, 3.05) is 13.2 Å². The lowest BCUT2D eigenvalue weighted by atomic mass is 10.2. The van der Waals surface area contributed by atoms with E-state index < -0.39 is 23.2 Å². The minimum atomic E-state index is -0.711. The molecule has 20 heavy (non-hydrogen) atoms. The molecule has 0 aromatic heterocycles. The van der Waals surface area contributed by atoms with Gasteiger partial charge in [-0.1, -0.05) is 0 Å². The molecule has 0 atom stereocenters. The molecular formula is C12H17N3O5. The molecule has 8 heteroatoms. The minimum Gasteiger partial charge on any atom is -0.504 e. The number of ether oxygens (including phenoxy) is 1. The fourth-order valence-electron chi connectivity index (χ4n) is 1.39. The second-order valence-electron chi connectivity index (χ2n) is 4.01. The molecule has 0 unspecified atom stereocenters. The number of hydrogen-bond donors (Lipinski definition) is 5. The van der Waals surface area contributed by atoms with E-state index in [1.165, 1.54) is 0 Å². The van der Waals surface area contributed by atoms with Crippen molar-refractivity contribution in [1.29, 1.82) is 0 Å². The molecule has 0 saturated heterocycles. The Hall–Kier alpha value is -2.64. The maximum Gasteiger partial charge on any atom is 0.338 e. The molecule has 0 amide bonds. The molecule has 0 aliphatic rings. The van der Waals surface area contributed by atoms with Crippen molar-refractivity contribution in [3.63, 3.8) is 0 Å². The minimum absolute atomic E-state index is 0.0111. The number of aliphatic imine (C=N–C) groups is 1. The molecule has 110 valence electrons. The molecule has 1 rings (SSSR count). The zero-order valence-corrected chi connectivity index (χ0v) is 10.7. The van der Waals surface area contributed by atoms with Gasteiger partial charge in [-0.15, -0.1) is 0 Å². The van der Waals surface area contributed by atoms with Crippen LogP contribution in [0.2, 0.25) is 0 Å². The lowest BCUT2D eigenvalue weighted by molar-refractivity contribution is 0.0498. The van der Waals surface area contributed by atoms with E-state index in [0.29, 0.717) is 19.4 Å². The topological polar surface area (TPSA) is 151 Å². The van der Waals surface area contributed by atoms with Gasteiger partial charge in [0.05, 0.1) is 12.2 Å². The van der Waals surface area contributed by atoms with Crippen molar-refractivity contribution in [3.8, 4) is 17.2 Å². The second-order valence-corrected chi connectivity index (χ2v) is 4.01. The van der Waals surface area contributed by atoms with Crippen molar-refractivity contribution in [2.24, 2.45) is 16.5 Å². The average molecular weight is 283 g/mol. The highest BCUT2D eigenvalue weighted by Gasteiger charge is 2.14. The van der Waals surface area contributed by atoms with E-state index in [0.717, 1.165) is 12.1 Å². The van der Waals surface area contributed by atoms with Crippen molar-refractivity contribution in [3.05, 3.63) is 17.7 Å². The Morgan fingerprint density at radius 1 is 1.15 bits per heavy atom. The number of carbonyl (C=O) groups is 1. The maximum absolute atomic E-state index is 11.6.